The summed E-state index contributed by atoms with van der Waals surface area (Å²) in [7, 11) is 4.48. The minimum absolute atomic E-state index is 1.16. The van der Waals surface area contributed by atoms with Crippen LogP contribution in [0.4, 0.5) is 11.4 Å². The van der Waals surface area contributed by atoms with Crippen LogP contribution in [-0.4, -0.2) is 20.7 Å². The maximum absolute atomic E-state index is 2.50. The lowest BCUT2D eigenvalue weighted by Gasteiger charge is -2.31. The van der Waals surface area contributed by atoms with Crippen LogP contribution in [-0.2, 0) is 7.05 Å². The Bertz CT molecular complexity index is 4670. The molecule has 1 aliphatic rings. The molecule has 0 radical (unpaired) electrons. The molecule has 4 nitrogen and oxygen atoms in total. The Morgan fingerprint density at radius 3 is 1.38 bits per heavy atom. The third kappa shape index (κ3) is 5.25. The molecule has 16 rings (SSSR count). The molecule has 0 atom stereocenters. The monoisotopic (exact) mass is 916 g/mol. The summed E-state index contributed by atoms with van der Waals surface area (Å²) in [6.07, 6.45) is 0. The van der Waals surface area contributed by atoms with Gasteiger partial charge in [0.1, 0.15) is 0 Å². The zero-order valence-electron chi connectivity index (χ0n) is 39.7. The smallest absolute Gasteiger partial charge is 0.0619 e. The maximum Gasteiger partial charge on any atom is 0.0619 e. The molecule has 0 unspecified atom stereocenters. The van der Waals surface area contributed by atoms with Crippen LogP contribution >= 0.6 is 0 Å². The van der Waals surface area contributed by atoms with Gasteiger partial charge in [-0.05, 0) is 105 Å². The van der Waals surface area contributed by atoms with Crippen molar-refractivity contribution in [2.75, 3.05) is 11.9 Å². The van der Waals surface area contributed by atoms with Crippen molar-refractivity contribution in [2.45, 2.75) is 0 Å². The molecular weight excluding hydrogens is 873 g/mol. The molecule has 0 aliphatic carbocycles. The third-order valence-electron chi connectivity index (χ3n) is 16.2. The molecule has 4 heteroatoms. The van der Waals surface area contributed by atoms with Crippen molar-refractivity contribution in [2.24, 2.45) is 7.05 Å². The zero-order valence-corrected chi connectivity index (χ0v) is 39.7. The number of para-hydroxylation sites is 4. The second-order valence-electron chi connectivity index (χ2n) is 19.7. The van der Waals surface area contributed by atoms with Gasteiger partial charge in [-0.2, -0.15) is 0 Å². The SMILES string of the molecule is CN1c2cc(-c3ccc(-n4c5ccccc5c5ccccc54)cc3)ccc2-c2cc3c(c4cccc1c24)c1ccc(-c2c4ccccc4c(-n4c5ccccc5c5ccccc54)c4ccccc24)cc1n3C. The quantitative estimate of drug-likeness (QED) is 0.161. The van der Waals surface area contributed by atoms with E-state index in [4.69, 9.17) is 0 Å². The molecule has 0 N–H and O–H groups in total. The van der Waals surface area contributed by atoms with Crippen LogP contribution in [0.3, 0.4) is 0 Å². The summed E-state index contributed by atoms with van der Waals surface area (Å²) in [5.74, 6) is 0. The summed E-state index contributed by atoms with van der Waals surface area (Å²) < 4.78 is 7.31. The molecule has 72 heavy (non-hydrogen) atoms. The van der Waals surface area contributed by atoms with E-state index >= 15 is 0 Å². The van der Waals surface area contributed by atoms with Gasteiger partial charge in [-0.15, -0.1) is 0 Å². The molecule has 15 aromatic rings. The lowest BCUT2D eigenvalue weighted by Crippen LogP contribution is -2.15. The van der Waals surface area contributed by atoms with Gasteiger partial charge in [0.05, 0.1) is 33.3 Å². The average Bonchev–Trinajstić information content (AvgIpc) is 4.06. The third-order valence-corrected chi connectivity index (χ3v) is 16.2. The lowest BCUT2D eigenvalue weighted by molar-refractivity contribution is 1.01. The number of aromatic nitrogens is 3. The van der Waals surface area contributed by atoms with Gasteiger partial charge in [0, 0.05) is 90.7 Å². The van der Waals surface area contributed by atoms with Gasteiger partial charge in [0.15, 0.2) is 0 Å². The van der Waals surface area contributed by atoms with Gasteiger partial charge in [0.25, 0.3) is 0 Å². The number of benzene rings is 12. The summed E-state index contributed by atoms with van der Waals surface area (Å²) in [6.45, 7) is 0. The summed E-state index contributed by atoms with van der Waals surface area (Å²) >= 11 is 0. The van der Waals surface area contributed by atoms with Crippen LogP contribution in [0.2, 0.25) is 0 Å². The Morgan fingerprint density at radius 2 is 0.778 bits per heavy atom. The standard InChI is InChI=1S/C68H44N4/c1-69-61-29-15-24-55-66-54-37-33-43(65-50-20-3-5-22-52(50)68(53-23-6-4-21-51(53)65)72-59-27-13-9-18-47(59)48-19-10-14-28-60(48)72)39-63(54)70(2)64(66)40-56(67(55)61)49-36-32-42(38-62(49)69)41-30-34-44(35-31-41)71-57-25-11-7-16-45(57)46-17-8-12-26-58(46)71/h3-40H,1-2H3. The Hall–Kier alpha value is -9.38. The highest BCUT2D eigenvalue weighted by Crippen LogP contribution is 2.52. The van der Waals surface area contributed by atoms with Crippen LogP contribution in [0.1, 0.15) is 0 Å². The molecule has 336 valence electrons. The number of hydrogen-bond donors (Lipinski definition) is 0. The fourth-order valence-electron chi connectivity index (χ4n) is 13.0. The fourth-order valence-corrected chi connectivity index (χ4v) is 13.0. The highest BCUT2D eigenvalue weighted by Gasteiger charge is 2.27. The molecule has 4 heterocycles. The average molecular weight is 917 g/mol. The van der Waals surface area contributed by atoms with Crippen molar-refractivity contribution in [3.63, 3.8) is 0 Å². The van der Waals surface area contributed by atoms with Gasteiger partial charge in [-0.25, -0.2) is 0 Å². The first-order chi connectivity index (χ1) is 35.6. The summed E-state index contributed by atoms with van der Waals surface area (Å²) in [5, 5.41) is 15.2. The summed E-state index contributed by atoms with van der Waals surface area (Å²) in [5.41, 5.74) is 19.5. The molecular formula is C68H44N4. The van der Waals surface area contributed by atoms with Crippen LogP contribution in [0.5, 0.6) is 0 Å². The summed E-state index contributed by atoms with van der Waals surface area (Å²) in [4.78, 5) is 2.40. The number of hydrogen-bond acceptors (Lipinski definition) is 1. The van der Waals surface area contributed by atoms with Crippen LogP contribution in [0, 0.1) is 0 Å². The number of anilines is 2. The second-order valence-corrected chi connectivity index (χ2v) is 19.7. The fraction of sp³-hybridized carbons (Fsp3) is 0.0294. The molecule has 3 aromatic heterocycles. The first-order valence-electron chi connectivity index (χ1n) is 25.0. The molecule has 0 bridgehead atoms. The highest BCUT2D eigenvalue weighted by atomic mass is 15.1. The molecule has 0 saturated carbocycles. The Labute approximate surface area is 415 Å². The van der Waals surface area contributed by atoms with Gasteiger partial charge < -0.3 is 18.6 Å². The summed E-state index contributed by atoms with van der Waals surface area (Å²) in [6, 6.07) is 85.7. The van der Waals surface area contributed by atoms with Crippen LogP contribution < -0.4 is 4.90 Å². The first kappa shape index (κ1) is 39.5. The van der Waals surface area contributed by atoms with E-state index < -0.39 is 0 Å². The number of fused-ring (bicyclic) bond motifs is 14. The van der Waals surface area contributed by atoms with Gasteiger partial charge in [-0.3, -0.25) is 0 Å². The van der Waals surface area contributed by atoms with Crippen molar-refractivity contribution in [1.29, 1.82) is 0 Å². The van der Waals surface area contributed by atoms with Crippen molar-refractivity contribution in [3.05, 3.63) is 231 Å². The normalized spacial score (nSPS) is 12.6. The second kappa shape index (κ2) is 14.6. The van der Waals surface area contributed by atoms with Crippen LogP contribution in [0.15, 0.2) is 231 Å². The topological polar surface area (TPSA) is 18.0 Å². The lowest BCUT2D eigenvalue weighted by atomic mass is 9.87. The van der Waals surface area contributed by atoms with E-state index in [0.717, 1.165) is 5.69 Å². The molecule has 12 aromatic carbocycles. The van der Waals surface area contributed by atoms with E-state index in [2.05, 4.69) is 263 Å². The molecule has 0 amide bonds. The van der Waals surface area contributed by atoms with E-state index in [0.29, 0.717) is 0 Å². The minimum atomic E-state index is 1.16. The van der Waals surface area contributed by atoms with Crippen LogP contribution in [0.25, 0.3) is 142 Å². The number of rotatable bonds is 4. The van der Waals surface area contributed by atoms with Gasteiger partial charge in [0.2, 0.25) is 0 Å². The zero-order chi connectivity index (χ0) is 47.3. The van der Waals surface area contributed by atoms with E-state index in [9.17, 15) is 0 Å². The molecule has 0 spiro atoms. The predicted molar refractivity (Wildman–Crippen MR) is 306 cm³/mol. The van der Waals surface area contributed by atoms with Crippen molar-refractivity contribution in [3.8, 4) is 44.8 Å². The highest BCUT2D eigenvalue weighted by molar-refractivity contribution is 6.29. The molecule has 0 fully saturated rings. The minimum Gasteiger partial charge on any atom is -0.344 e. The van der Waals surface area contributed by atoms with E-state index in [1.165, 1.54) is 148 Å². The Balaban J connectivity index is 0.847. The predicted octanol–water partition coefficient (Wildman–Crippen LogP) is 18.1. The largest absolute Gasteiger partial charge is 0.344 e. The van der Waals surface area contributed by atoms with Crippen molar-refractivity contribution in [1.82, 2.24) is 13.7 Å². The van der Waals surface area contributed by atoms with Gasteiger partial charge in [-0.1, -0.05) is 170 Å². The first-order valence-corrected chi connectivity index (χ1v) is 25.0. The van der Waals surface area contributed by atoms with E-state index in [-0.39, 0.29) is 0 Å². The van der Waals surface area contributed by atoms with Crippen molar-refractivity contribution >= 4 is 109 Å². The number of nitrogens with zero attached hydrogens (tertiary/aromatic N) is 4. The number of aryl methyl sites for hydroxylation is 1. The Kier molecular flexibility index (Phi) is 7.99. The molecule has 0 saturated heterocycles. The Morgan fingerprint density at radius 1 is 0.278 bits per heavy atom. The molecule has 1 aliphatic heterocycles. The van der Waals surface area contributed by atoms with Crippen molar-refractivity contribution < 1.29 is 0 Å². The van der Waals surface area contributed by atoms with E-state index in [1.807, 2.05) is 0 Å². The maximum atomic E-state index is 2.50. The van der Waals surface area contributed by atoms with E-state index in [1.54, 1.807) is 0 Å². The van der Waals surface area contributed by atoms with Gasteiger partial charge >= 0.3 is 0 Å².